The van der Waals surface area contributed by atoms with Crippen LogP contribution in [0.15, 0.2) is 0 Å². The van der Waals surface area contributed by atoms with E-state index in [1.54, 1.807) is 0 Å². The fraction of sp³-hybridized carbons (Fsp3) is 0.949. The molecule has 0 aromatic rings. The SMILES string of the molecule is CCCCCCCCCCCCCCCCCCCCCCC(=O)O[C@H](COC(=O)CCCCCCCCCCCCCCCCCCC(C)C)COP(=O)(O)OC[C@@H](O)COP(=O)(O)OC[C@@H](COC(=O)CCCCCCC)OC(=O)CCCCCCCCCCCCC(C)CC. The first-order chi connectivity index (χ1) is 47.4. The van der Waals surface area contributed by atoms with Crippen LogP contribution < -0.4 is 0 Å². The maximum absolute atomic E-state index is 13.1. The molecule has 0 fully saturated rings. The Hall–Kier alpha value is -1.94. The standard InChI is InChI=1S/C79H154O17P2/c1-7-10-12-14-15-16-17-18-19-20-21-22-23-28-31-34-40-45-51-57-63-79(84)96-75(68-90-77(82)62-56-50-44-39-33-30-27-25-24-26-29-32-37-42-48-53-59-71(4)5)70-94-98(87,88)92-66-73(80)65-91-97(85,86)93-69-74(67-89-76(81)61-55-47-13-11-8-2)95-78(83)64-58-52-46-41-36-35-38-43-49-54-60-72(6)9-3/h71-75,80H,7-70H2,1-6H3,(H,85,86)(H,87,88)/t72?,73-,74+,75+/m0/s1. The van der Waals surface area contributed by atoms with Gasteiger partial charge >= 0.3 is 39.5 Å². The predicted octanol–water partition coefficient (Wildman–Crippen LogP) is 23.5. The number of hydrogen-bond donors (Lipinski definition) is 3. The van der Waals surface area contributed by atoms with Crippen molar-refractivity contribution in [3.05, 3.63) is 0 Å². The third-order valence-corrected chi connectivity index (χ3v) is 20.7. The maximum atomic E-state index is 13.1. The molecule has 0 aliphatic carbocycles. The highest BCUT2D eigenvalue weighted by Crippen LogP contribution is 2.45. The molecule has 0 aliphatic rings. The smallest absolute Gasteiger partial charge is 0.462 e. The molecule has 0 spiro atoms. The summed E-state index contributed by atoms with van der Waals surface area (Å²) in [6.07, 6.45) is 60.1. The number of esters is 4. The summed E-state index contributed by atoms with van der Waals surface area (Å²) >= 11 is 0. The molecule has 3 unspecified atom stereocenters. The van der Waals surface area contributed by atoms with Crippen molar-refractivity contribution in [2.45, 2.75) is 432 Å². The number of aliphatic hydroxyl groups is 1. The number of aliphatic hydroxyl groups excluding tert-OH is 1. The highest BCUT2D eigenvalue weighted by molar-refractivity contribution is 7.47. The predicted molar refractivity (Wildman–Crippen MR) is 400 cm³/mol. The van der Waals surface area contributed by atoms with Crippen molar-refractivity contribution in [1.82, 2.24) is 0 Å². The van der Waals surface area contributed by atoms with Gasteiger partial charge in [-0.05, 0) is 37.5 Å². The summed E-state index contributed by atoms with van der Waals surface area (Å²) in [5, 5.41) is 10.6. The molecule has 17 nitrogen and oxygen atoms in total. The number of hydrogen-bond acceptors (Lipinski definition) is 15. The Bertz CT molecular complexity index is 1890. The minimum absolute atomic E-state index is 0.106. The number of ether oxygens (including phenoxy) is 4. The summed E-state index contributed by atoms with van der Waals surface area (Å²) in [6.45, 7) is 9.58. The zero-order valence-corrected chi connectivity index (χ0v) is 65.9. The molecule has 19 heteroatoms. The van der Waals surface area contributed by atoms with Crippen LogP contribution in [0.5, 0.6) is 0 Å². The Morgan fingerprint density at radius 3 is 0.776 bits per heavy atom. The van der Waals surface area contributed by atoms with Crippen molar-refractivity contribution < 1.29 is 80.2 Å². The topological polar surface area (TPSA) is 237 Å². The van der Waals surface area contributed by atoms with Crippen LogP contribution >= 0.6 is 15.6 Å². The van der Waals surface area contributed by atoms with Crippen LogP contribution in [0.4, 0.5) is 0 Å². The fourth-order valence-corrected chi connectivity index (χ4v) is 13.7. The molecule has 98 heavy (non-hydrogen) atoms. The molecule has 0 saturated carbocycles. The van der Waals surface area contributed by atoms with Gasteiger partial charge in [0.05, 0.1) is 26.4 Å². The van der Waals surface area contributed by atoms with Crippen LogP contribution in [-0.4, -0.2) is 96.7 Å². The van der Waals surface area contributed by atoms with E-state index in [2.05, 4.69) is 41.5 Å². The van der Waals surface area contributed by atoms with Crippen LogP contribution in [-0.2, 0) is 65.4 Å². The Kier molecular flexibility index (Phi) is 69.3. The number of phosphoric acid groups is 2. The highest BCUT2D eigenvalue weighted by Gasteiger charge is 2.30. The minimum Gasteiger partial charge on any atom is -0.462 e. The van der Waals surface area contributed by atoms with Gasteiger partial charge in [0.15, 0.2) is 12.2 Å². The lowest BCUT2D eigenvalue weighted by atomic mass is 9.99. The van der Waals surface area contributed by atoms with Gasteiger partial charge in [-0.25, -0.2) is 9.13 Å². The van der Waals surface area contributed by atoms with E-state index in [0.717, 1.165) is 108 Å². The Balaban J connectivity index is 5.13. The number of unbranched alkanes of at least 4 members (excludes halogenated alkanes) is 47. The molecule has 0 aliphatic heterocycles. The van der Waals surface area contributed by atoms with Gasteiger partial charge in [0, 0.05) is 25.7 Å². The number of carbonyl (C=O) groups is 4. The normalized spacial score (nSPS) is 14.2. The Labute approximate surface area is 600 Å². The van der Waals surface area contributed by atoms with E-state index >= 15 is 0 Å². The molecule has 582 valence electrons. The number of carbonyl (C=O) groups excluding carboxylic acids is 4. The fourth-order valence-electron chi connectivity index (χ4n) is 12.2. The lowest BCUT2D eigenvalue weighted by Gasteiger charge is -2.21. The summed E-state index contributed by atoms with van der Waals surface area (Å²) in [6, 6.07) is 0. The second-order valence-corrected chi connectivity index (χ2v) is 32.1. The minimum atomic E-state index is -4.96. The Morgan fingerprint density at radius 2 is 0.520 bits per heavy atom. The van der Waals surface area contributed by atoms with Crippen molar-refractivity contribution >= 4 is 39.5 Å². The lowest BCUT2D eigenvalue weighted by molar-refractivity contribution is -0.161. The summed E-state index contributed by atoms with van der Waals surface area (Å²) in [5.41, 5.74) is 0. The quantitative estimate of drug-likeness (QED) is 0.0222. The van der Waals surface area contributed by atoms with E-state index in [4.69, 9.17) is 37.0 Å². The molecule has 0 heterocycles. The molecular formula is C79H154O17P2. The van der Waals surface area contributed by atoms with E-state index in [0.29, 0.717) is 25.7 Å². The van der Waals surface area contributed by atoms with Crippen molar-refractivity contribution in [1.29, 1.82) is 0 Å². The second-order valence-electron chi connectivity index (χ2n) is 29.2. The highest BCUT2D eigenvalue weighted by atomic mass is 31.2. The van der Waals surface area contributed by atoms with Gasteiger partial charge in [0.25, 0.3) is 0 Å². The molecule has 0 aromatic heterocycles. The monoisotopic (exact) mass is 1440 g/mol. The summed E-state index contributed by atoms with van der Waals surface area (Å²) < 4.78 is 68.4. The molecule has 0 saturated heterocycles. The van der Waals surface area contributed by atoms with E-state index < -0.39 is 97.5 Å². The second kappa shape index (κ2) is 70.7. The molecule has 0 rings (SSSR count). The van der Waals surface area contributed by atoms with Gasteiger partial charge in [-0.15, -0.1) is 0 Å². The zero-order valence-electron chi connectivity index (χ0n) is 64.1. The van der Waals surface area contributed by atoms with Crippen molar-refractivity contribution in [3.8, 4) is 0 Å². The van der Waals surface area contributed by atoms with Crippen LogP contribution in [0, 0.1) is 11.8 Å². The third kappa shape index (κ3) is 71.1. The van der Waals surface area contributed by atoms with E-state index in [-0.39, 0.29) is 25.7 Å². The molecule has 6 atom stereocenters. The van der Waals surface area contributed by atoms with Gasteiger partial charge in [-0.2, -0.15) is 0 Å². The van der Waals surface area contributed by atoms with Gasteiger partial charge in [0.2, 0.25) is 0 Å². The van der Waals surface area contributed by atoms with Crippen LogP contribution in [0.2, 0.25) is 0 Å². The summed E-state index contributed by atoms with van der Waals surface area (Å²) in [5.74, 6) is -0.508. The van der Waals surface area contributed by atoms with E-state index in [1.165, 1.54) is 225 Å². The van der Waals surface area contributed by atoms with E-state index in [1.807, 2.05) is 0 Å². The number of phosphoric ester groups is 2. The first-order valence-electron chi connectivity index (χ1n) is 41.0. The van der Waals surface area contributed by atoms with Crippen LogP contribution in [0.25, 0.3) is 0 Å². The lowest BCUT2D eigenvalue weighted by Crippen LogP contribution is -2.30. The van der Waals surface area contributed by atoms with Gasteiger partial charge in [-0.3, -0.25) is 37.3 Å². The molecule has 0 aromatic carbocycles. The molecule has 0 radical (unpaired) electrons. The molecular weight excluding hydrogens is 1280 g/mol. The van der Waals surface area contributed by atoms with Crippen molar-refractivity contribution in [3.63, 3.8) is 0 Å². The average molecular weight is 1440 g/mol. The molecule has 3 N–H and O–H groups in total. The van der Waals surface area contributed by atoms with Crippen LogP contribution in [0.1, 0.15) is 414 Å². The zero-order chi connectivity index (χ0) is 72.1. The largest absolute Gasteiger partial charge is 0.472 e. The van der Waals surface area contributed by atoms with Gasteiger partial charge < -0.3 is 33.8 Å². The van der Waals surface area contributed by atoms with E-state index in [9.17, 15) is 43.2 Å². The maximum Gasteiger partial charge on any atom is 0.472 e. The van der Waals surface area contributed by atoms with Gasteiger partial charge in [0.1, 0.15) is 19.3 Å². The van der Waals surface area contributed by atoms with Crippen molar-refractivity contribution in [2.24, 2.45) is 11.8 Å². The first kappa shape index (κ1) is 96.1. The summed E-state index contributed by atoms with van der Waals surface area (Å²) in [4.78, 5) is 72.6. The average Bonchev–Trinajstić information content (AvgIpc) is 1.73. The summed E-state index contributed by atoms with van der Waals surface area (Å²) in [7, 11) is -9.91. The molecule has 0 bridgehead atoms. The number of rotatable bonds is 78. The first-order valence-corrected chi connectivity index (χ1v) is 44.0. The molecule has 0 amide bonds. The Morgan fingerprint density at radius 1 is 0.296 bits per heavy atom. The third-order valence-electron chi connectivity index (χ3n) is 18.8. The van der Waals surface area contributed by atoms with Gasteiger partial charge in [-0.1, -0.05) is 363 Å². The van der Waals surface area contributed by atoms with Crippen molar-refractivity contribution in [2.75, 3.05) is 39.6 Å². The van der Waals surface area contributed by atoms with Crippen LogP contribution in [0.3, 0.4) is 0 Å².